The topological polar surface area (TPSA) is 80.3 Å². The van der Waals surface area contributed by atoms with Crippen molar-refractivity contribution in [3.8, 4) is 0 Å². The number of hydrogen-bond acceptors (Lipinski definition) is 4. The molecular weight excluding hydrogens is 230 g/mol. The van der Waals surface area contributed by atoms with Gasteiger partial charge in [-0.15, -0.1) is 0 Å². The second-order valence-corrected chi connectivity index (χ2v) is 5.43. The van der Waals surface area contributed by atoms with E-state index in [9.17, 15) is 0 Å². The second-order valence-electron chi connectivity index (χ2n) is 4.61. The van der Waals surface area contributed by atoms with Crippen LogP contribution in [-0.2, 0) is 10.4 Å². The third-order valence-corrected chi connectivity index (χ3v) is 2.95. The molecular formula is C10H23NO4S. The molecule has 1 saturated heterocycles. The Kier molecular flexibility index (Phi) is 7.14. The Hall–Kier alpha value is -0.170. The van der Waals surface area contributed by atoms with Crippen LogP contribution in [0.3, 0.4) is 0 Å². The highest BCUT2D eigenvalue weighted by Gasteiger charge is 2.23. The summed E-state index contributed by atoms with van der Waals surface area (Å²) in [7, 11) is -2.74. The van der Waals surface area contributed by atoms with Crippen molar-refractivity contribution >= 4 is 10.4 Å². The van der Waals surface area contributed by atoms with Crippen LogP contribution in [0.5, 0.6) is 0 Å². The van der Waals surface area contributed by atoms with E-state index in [1.54, 1.807) is 0 Å². The van der Waals surface area contributed by atoms with Crippen LogP contribution >= 0.6 is 0 Å². The summed E-state index contributed by atoms with van der Waals surface area (Å²) in [5, 5.41) is 0. The van der Waals surface area contributed by atoms with Gasteiger partial charge in [0.15, 0.2) is 0 Å². The molecule has 1 aliphatic rings. The molecule has 0 aromatic carbocycles. The SMILES string of the molecule is CCCC[N+]1(C)CCCCC1.O=S(=O)([O-])[O-].[H+]. The lowest BCUT2D eigenvalue weighted by Crippen LogP contribution is -2.48. The lowest BCUT2D eigenvalue weighted by molar-refractivity contribution is -0.914. The Labute approximate surface area is 100 Å². The first kappa shape index (κ1) is 15.8. The molecule has 1 aliphatic heterocycles. The normalized spacial score (nSPS) is 19.8. The number of piperidine rings is 1. The van der Waals surface area contributed by atoms with Crippen LogP contribution in [0.4, 0.5) is 0 Å². The number of unbranched alkanes of at least 4 members (excludes halogenated alkanes) is 1. The molecule has 0 bridgehead atoms. The van der Waals surface area contributed by atoms with Gasteiger partial charge in [-0.1, -0.05) is 13.3 Å². The molecule has 1 fully saturated rings. The van der Waals surface area contributed by atoms with Gasteiger partial charge in [0.1, 0.15) is 0 Å². The van der Waals surface area contributed by atoms with Crippen molar-refractivity contribution in [3.05, 3.63) is 0 Å². The number of rotatable bonds is 3. The molecule has 0 amide bonds. The van der Waals surface area contributed by atoms with Crippen LogP contribution < -0.4 is 0 Å². The molecule has 5 nitrogen and oxygen atoms in total. The van der Waals surface area contributed by atoms with Gasteiger partial charge >= 0.3 is 1.43 Å². The minimum absolute atomic E-state index is 0. The van der Waals surface area contributed by atoms with E-state index in [1.807, 2.05) is 0 Å². The zero-order chi connectivity index (χ0) is 12.7. The van der Waals surface area contributed by atoms with Gasteiger partial charge in [-0.2, -0.15) is 0 Å². The van der Waals surface area contributed by atoms with Crippen LogP contribution in [0.25, 0.3) is 0 Å². The number of nitrogens with zero attached hydrogens (tertiary/aromatic N) is 1. The van der Waals surface area contributed by atoms with E-state index in [0.717, 1.165) is 0 Å². The summed E-state index contributed by atoms with van der Waals surface area (Å²) in [5.74, 6) is 0. The van der Waals surface area contributed by atoms with Crippen molar-refractivity contribution in [2.45, 2.75) is 39.0 Å². The highest BCUT2D eigenvalue weighted by atomic mass is 32.3. The third-order valence-electron chi connectivity index (χ3n) is 2.95. The quantitative estimate of drug-likeness (QED) is 0.430. The van der Waals surface area contributed by atoms with E-state index in [4.69, 9.17) is 17.5 Å². The average molecular weight is 253 g/mol. The summed E-state index contributed by atoms with van der Waals surface area (Å²) in [6, 6.07) is 0. The highest BCUT2D eigenvalue weighted by Crippen LogP contribution is 2.16. The van der Waals surface area contributed by atoms with E-state index in [-0.39, 0.29) is 1.43 Å². The molecule has 1 heterocycles. The van der Waals surface area contributed by atoms with Crippen LogP contribution in [0.15, 0.2) is 0 Å². The van der Waals surface area contributed by atoms with Gasteiger partial charge in [-0.05, 0) is 25.7 Å². The van der Waals surface area contributed by atoms with Crippen molar-refractivity contribution in [1.29, 1.82) is 0 Å². The molecule has 0 unspecified atom stereocenters. The molecule has 0 N–H and O–H groups in total. The van der Waals surface area contributed by atoms with Gasteiger partial charge in [0, 0.05) is 10.4 Å². The van der Waals surface area contributed by atoms with Crippen molar-refractivity contribution in [3.63, 3.8) is 0 Å². The van der Waals surface area contributed by atoms with E-state index >= 15 is 0 Å². The van der Waals surface area contributed by atoms with Gasteiger partial charge < -0.3 is 13.6 Å². The Morgan fingerprint density at radius 2 is 1.62 bits per heavy atom. The van der Waals surface area contributed by atoms with Gasteiger partial charge in [0.2, 0.25) is 0 Å². The van der Waals surface area contributed by atoms with E-state index < -0.39 is 10.4 Å². The van der Waals surface area contributed by atoms with E-state index in [0.29, 0.717) is 0 Å². The molecule has 98 valence electrons. The van der Waals surface area contributed by atoms with Crippen LogP contribution in [0.2, 0.25) is 0 Å². The summed E-state index contributed by atoms with van der Waals surface area (Å²) in [6.45, 7) is 6.56. The van der Waals surface area contributed by atoms with E-state index in [1.165, 1.54) is 56.2 Å². The van der Waals surface area contributed by atoms with Gasteiger partial charge in [0.05, 0.1) is 26.7 Å². The van der Waals surface area contributed by atoms with Crippen molar-refractivity contribution < 1.29 is 23.4 Å². The molecule has 0 aromatic heterocycles. The Bertz CT molecular complexity index is 268. The van der Waals surface area contributed by atoms with Crippen LogP contribution in [0.1, 0.15) is 40.5 Å². The first-order chi connectivity index (χ1) is 7.27. The van der Waals surface area contributed by atoms with Crippen LogP contribution in [-0.4, -0.2) is 48.7 Å². The van der Waals surface area contributed by atoms with Crippen molar-refractivity contribution in [2.75, 3.05) is 26.7 Å². The lowest BCUT2D eigenvalue weighted by Gasteiger charge is -2.37. The summed E-state index contributed by atoms with van der Waals surface area (Å²) >= 11 is 0. The van der Waals surface area contributed by atoms with Crippen molar-refractivity contribution in [1.82, 2.24) is 0 Å². The molecule has 16 heavy (non-hydrogen) atoms. The van der Waals surface area contributed by atoms with Crippen LogP contribution in [0, 0.1) is 0 Å². The molecule has 0 spiro atoms. The van der Waals surface area contributed by atoms with Gasteiger partial charge in [-0.3, -0.25) is 8.42 Å². The molecule has 0 aromatic rings. The molecule has 0 atom stereocenters. The molecule has 6 heteroatoms. The van der Waals surface area contributed by atoms with Gasteiger partial charge in [0.25, 0.3) is 0 Å². The van der Waals surface area contributed by atoms with Gasteiger partial charge in [-0.25, -0.2) is 0 Å². The summed E-state index contributed by atoms with van der Waals surface area (Å²) in [5.41, 5.74) is 0. The molecule has 0 radical (unpaired) electrons. The standard InChI is InChI=1S/C10H22N.H2O4S/c1-3-4-8-11(2)9-6-5-7-10-11;1-5(2,3)4/h3-10H2,1-2H3;(H2,1,2,3,4)/q+1;/p-1. The highest BCUT2D eigenvalue weighted by molar-refractivity contribution is 7.79. The monoisotopic (exact) mass is 253 g/mol. The largest absolute Gasteiger partial charge is 1.00 e. The number of quaternary nitrogens is 1. The fourth-order valence-electron chi connectivity index (χ4n) is 2.04. The summed E-state index contributed by atoms with van der Waals surface area (Å²) < 4.78 is 35.4. The smallest absolute Gasteiger partial charge is 0.759 e. The fraction of sp³-hybridized carbons (Fsp3) is 1.00. The number of hydrogen-bond donors (Lipinski definition) is 0. The van der Waals surface area contributed by atoms with Crippen molar-refractivity contribution in [2.24, 2.45) is 0 Å². The Morgan fingerprint density at radius 1 is 1.19 bits per heavy atom. The minimum atomic E-state index is -5.17. The maximum atomic E-state index is 8.52. The first-order valence-electron chi connectivity index (χ1n) is 5.77. The summed E-state index contributed by atoms with van der Waals surface area (Å²) in [6.07, 6.45) is 7.16. The third kappa shape index (κ3) is 10.4. The number of likely N-dealkylation sites (tertiary alicyclic amines) is 1. The average Bonchev–Trinajstić information content (AvgIpc) is 2.13. The summed E-state index contributed by atoms with van der Waals surface area (Å²) in [4.78, 5) is 0. The molecule has 0 aliphatic carbocycles. The predicted octanol–water partition coefficient (Wildman–Crippen LogP) is 1.19. The molecule has 0 saturated carbocycles. The fourth-order valence-corrected chi connectivity index (χ4v) is 2.04. The Morgan fingerprint density at radius 3 is 2.00 bits per heavy atom. The van der Waals surface area contributed by atoms with E-state index in [2.05, 4.69) is 14.0 Å². The second kappa shape index (κ2) is 7.21. The lowest BCUT2D eigenvalue weighted by atomic mass is 10.1. The maximum Gasteiger partial charge on any atom is 1.00 e. The Balaban J connectivity index is 0. The first-order valence-corrected chi connectivity index (χ1v) is 7.10. The molecule has 1 rings (SSSR count). The zero-order valence-corrected chi connectivity index (χ0v) is 11.0. The predicted molar refractivity (Wildman–Crippen MR) is 61.1 cm³/mol. The minimum Gasteiger partial charge on any atom is -0.759 e. The maximum absolute atomic E-state index is 8.52. The zero-order valence-electron chi connectivity index (χ0n) is 11.1.